The van der Waals surface area contributed by atoms with Crippen LogP contribution in [0, 0.1) is 5.92 Å². The first-order valence-electron chi connectivity index (χ1n) is 7.97. The van der Waals surface area contributed by atoms with Gasteiger partial charge >= 0.3 is 0 Å². The van der Waals surface area contributed by atoms with Crippen molar-refractivity contribution in [2.24, 2.45) is 5.92 Å². The number of aliphatic hydroxyl groups excluding tert-OH is 1. The third kappa shape index (κ3) is 4.51. The summed E-state index contributed by atoms with van der Waals surface area (Å²) in [6.07, 6.45) is 3.55. The zero-order chi connectivity index (χ0) is 14.5. The van der Waals surface area contributed by atoms with E-state index in [1.165, 1.54) is 12.8 Å². The van der Waals surface area contributed by atoms with Crippen LogP contribution < -0.4 is 5.32 Å². The number of rotatable bonds is 8. The van der Waals surface area contributed by atoms with E-state index >= 15 is 0 Å². The van der Waals surface area contributed by atoms with Crippen molar-refractivity contribution in [2.45, 2.75) is 44.1 Å². The van der Waals surface area contributed by atoms with Crippen LogP contribution in [0.15, 0.2) is 30.3 Å². The van der Waals surface area contributed by atoms with Crippen molar-refractivity contribution < 1.29 is 14.6 Å². The van der Waals surface area contributed by atoms with Crippen LogP contribution in [0.4, 0.5) is 0 Å². The molecule has 1 aliphatic heterocycles. The van der Waals surface area contributed by atoms with E-state index in [1.807, 2.05) is 30.3 Å². The van der Waals surface area contributed by atoms with Crippen molar-refractivity contribution in [3.8, 4) is 0 Å². The summed E-state index contributed by atoms with van der Waals surface area (Å²) in [6.45, 7) is 2.34. The zero-order valence-corrected chi connectivity index (χ0v) is 12.4. The van der Waals surface area contributed by atoms with Gasteiger partial charge in [0.2, 0.25) is 0 Å². The first kappa shape index (κ1) is 15.0. The van der Waals surface area contributed by atoms with Crippen LogP contribution in [0.3, 0.4) is 0 Å². The topological polar surface area (TPSA) is 50.7 Å². The molecule has 1 saturated heterocycles. The molecule has 2 aliphatic rings. The smallest absolute Gasteiger partial charge is 0.0897 e. The molecule has 3 rings (SSSR count). The fourth-order valence-electron chi connectivity index (χ4n) is 2.95. The Bertz CT molecular complexity index is 421. The molecule has 1 aromatic carbocycles. The molecule has 0 aromatic heterocycles. The molecule has 1 heterocycles. The van der Waals surface area contributed by atoms with E-state index in [1.54, 1.807) is 0 Å². The van der Waals surface area contributed by atoms with Gasteiger partial charge in [0.05, 0.1) is 25.4 Å². The summed E-state index contributed by atoms with van der Waals surface area (Å²) in [5.41, 5.74) is 1.13. The second-order valence-electron chi connectivity index (χ2n) is 6.13. The highest BCUT2D eigenvalue weighted by Crippen LogP contribution is 2.38. The number of benzene rings is 1. The van der Waals surface area contributed by atoms with Crippen LogP contribution in [0.25, 0.3) is 0 Å². The van der Waals surface area contributed by atoms with Gasteiger partial charge in [-0.25, -0.2) is 0 Å². The van der Waals surface area contributed by atoms with Gasteiger partial charge in [0.15, 0.2) is 0 Å². The Labute approximate surface area is 126 Å². The Morgan fingerprint density at radius 3 is 2.81 bits per heavy atom. The Morgan fingerprint density at radius 2 is 2.05 bits per heavy atom. The molecule has 1 saturated carbocycles. The van der Waals surface area contributed by atoms with E-state index < -0.39 is 6.10 Å². The quantitative estimate of drug-likeness (QED) is 0.766. The monoisotopic (exact) mass is 291 g/mol. The van der Waals surface area contributed by atoms with Gasteiger partial charge in [0.1, 0.15) is 0 Å². The maximum atomic E-state index is 10.00. The fourth-order valence-corrected chi connectivity index (χ4v) is 2.95. The third-order valence-electron chi connectivity index (χ3n) is 4.26. The molecule has 0 spiro atoms. The molecule has 4 heteroatoms. The van der Waals surface area contributed by atoms with Crippen LogP contribution in [0.1, 0.15) is 24.8 Å². The van der Waals surface area contributed by atoms with E-state index in [9.17, 15) is 5.11 Å². The van der Waals surface area contributed by atoms with Crippen molar-refractivity contribution in [1.29, 1.82) is 0 Å². The number of hydrogen-bond donors (Lipinski definition) is 2. The number of aliphatic hydroxyl groups is 1. The van der Waals surface area contributed by atoms with Crippen molar-refractivity contribution in [2.75, 3.05) is 19.8 Å². The van der Waals surface area contributed by atoms with Gasteiger partial charge in [0, 0.05) is 19.2 Å². The summed E-state index contributed by atoms with van der Waals surface area (Å²) in [5.74, 6) is 0.747. The molecule has 0 amide bonds. The minimum Gasteiger partial charge on any atom is -0.389 e. The molecule has 3 atom stereocenters. The summed E-state index contributed by atoms with van der Waals surface area (Å²) in [4.78, 5) is 0. The van der Waals surface area contributed by atoms with Crippen molar-refractivity contribution >= 4 is 0 Å². The fraction of sp³-hybridized carbons (Fsp3) is 0.647. The number of hydrogen-bond acceptors (Lipinski definition) is 4. The molecule has 1 aromatic rings. The predicted octanol–water partition coefficient (Wildman–Crippen LogP) is 1.72. The lowest BCUT2D eigenvalue weighted by molar-refractivity contribution is 0.0243. The Morgan fingerprint density at radius 1 is 1.24 bits per heavy atom. The molecular weight excluding hydrogens is 266 g/mol. The summed E-state index contributed by atoms with van der Waals surface area (Å²) in [6, 6.07) is 10.4. The van der Waals surface area contributed by atoms with Gasteiger partial charge in [-0.05, 0) is 30.7 Å². The maximum absolute atomic E-state index is 10.00. The lowest BCUT2D eigenvalue weighted by atomic mass is 10.1. The highest BCUT2D eigenvalue weighted by Gasteiger charge is 2.40. The summed E-state index contributed by atoms with van der Waals surface area (Å²) < 4.78 is 11.3. The lowest BCUT2D eigenvalue weighted by Crippen LogP contribution is -2.42. The summed E-state index contributed by atoms with van der Waals surface area (Å²) in [7, 11) is 0. The molecular formula is C17H25NO3. The molecule has 116 valence electrons. The summed E-state index contributed by atoms with van der Waals surface area (Å²) >= 11 is 0. The van der Waals surface area contributed by atoms with Crippen LogP contribution >= 0.6 is 0 Å². The standard InChI is InChI=1S/C17H25NO3/c19-15(12-20-11-13-4-2-1-3-5-13)10-18-16-8-9-21-17(16)14-6-7-14/h1-5,14-19H,6-12H2. The van der Waals surface area contributed by atoms with Gasteiger partial charge in [-0.3, -0.25) is 0 Å². The normalized spacial score (nSPS) is 26.9. The van der Waals surface area contributed by atoms with E-state index in [-0.39, 0.29) is 0 Å². The van der Waals surface area contributed by atoms with Crippen molar-refractivity contribution in [3.63, 3.8) is 0 Å². The van der Waals surface area contributed by atoms with Crippen molar-refractivity contribution in [3.05, 3.63) is 35.9 Å². The van der Waals surface area contributed by atoms with Crippen LogP contribution in [0.2, 0.25) is 0 Å². The third-order valence-corrected chi connectivity index (χ3v) is 4.26. The van der Waals surface area contributed by atoms with E-state index in [0.29, 0.717) is 31.9 Å². The SMILES string of the molecule is OC(CNC1CCOC1C1CC1)COCc1ccccc1. The Kier molecular flexibility index (Phi) is 5.25. The van der Waals surface area contributed by atoms with E-state index in [0.717, 1.165) is 24.5 Å². The Hall–Kier alpha value is -0.940. The molecule has 0 radical (unpaired) electrons. The largest absolute Gasteiger partial charge is 0.389 e. The van der Waals surface area contributed by atoms with Crippen LogP contribution in [-0.2, 0) is 16.1 Å². The van der Waals surface area contributed by atoms with Crippen molar-refractivity contribution in [1.82, 2.24) is 5.32 Å². The Balaban J connectivity index is 1.32. The van der Waals surface area contributed by atoms with E-state index in [4.69, 9.17) is 9.47 Å². The second-order valence-corrected chi connectivity index (χ2v) is 6.13. The minimum absolute atomic E-state index is 0.363. The first-order valence-corrected chi connectivity index (χ1v) is 7.97. The maximum Gasteiger partial charge on any atom is 0.0897 e. The lowest BCUT2D eigenvalue weighted by Gasteiger charge is -2.21. The first-order chi connectivity index (χ1) is 10.3. The predicted molar refractivity (Wildman–Crippen MR) is 81.0 cm³/mol. The molecule has 2 fully saturated rings. The number of nitrogens with one attached hydrogen (secondary N) is 1. The van der Waals surface area contributed by atoms with Gasteiger partial charge < -0.3 is 19.9 Å². The second kappa shape index (κ2) is 7.36. The highest BCUT2D eigenvalue weighted by molar-refractivity contribution is 5.13. The van der Waals surface area contributed by atoms with Gasteiger partial charge in [-0.2, -0.15) is 0 Å². The van der Waals surface area contributed by atoms with E-state index in [2.05, 4.69) is 5.32 Å². The van der Waals surface area contributed by atoms with Gasteiger partial charge in [-0.1, -0.05) is 30.3 Å². The zero-order valence-electron chi connectivity index (χ0n) is 12.4. The molecule has 0 bridgehead atoms. The molecule has 3 unspecified atom stereocenters. The molecule has 4 nitrogen and oxygen atoms in total. The minimum atomic E-state index is -0.464. The average molecular weight is 291 g/mol. The van der Waals surface area contributed by atoms with Gasteiger partial charge in [-0.15, -0.1) is 0 Å². The average Bonchev–Trinajstić information content (AvgIpc) is 3.25. The summed E-state index contributed by atoms with van der Waals surface area (Å²) in [5, 5.41) is 13.4. The van der Waals surface area contributed by atoms with Crippen LogP contribution in [0.5, 0.6) is 0 Å². The molecule has 21 heavy (non-hydrogen) atoms. The van der Waals surface area contributed by atoms with Crippen LogP contribution in [-0.4, -0.2) is 43.1 Å². The van der Waals surface area contributed by atoms with Gasteiger partial charge in [0.25, 0.3) is 0 Å². The molecule has 2 N–H and O–H groups in total. The number of ether oxygens (including phenoxy) is 2. The highest BCUT2D eigenvalue weighted by atomic mass is 16.5. The molecule has 1 aliphatic carbocycles.